The Balaban J connectivity index is 0.000000300. The molecule has 2 heteroatoms. The maximum atomic E-state index is 9.55. The number of aryl methyl sites for hydroxylation is 2. The summed E-state index contributed by atoms with van der Waals surface area (Å²) in [7, 11) is 0. The minimum atomic E-state index is 0.363. The average molecular weight is 413 g/mol. The Bertz CT molecular complexity index is 633. The van der Waals surface area contributed by atoms with Gasteiger partial charge in [-0.05, 0) is 55.0 Å². The molecule has 30 heavy (non-hydrogen) atoms. The number of para-hydroxylation sites is 1. The van der Waals surface area contributed by atoms with E-state index in [2.05, 4.69) is 13.8 Å². The molecule has 0 spiro atoms. The van der Waals surface area contributed by atoms with Gasteiger partial charge in [-0.2, -0.15) is 0 Å². The fourth-order valence-corrected chi connectivity index (χ4v) is 3.59. The van der Waals surface area contributed by atoms with Crippen molar-refractivity contribution in [1.82, 2.24) is 0 Å². The lowest BCUT2D eigenvalue weighted by Crippen LogP contribution is -1.86. The van der Waals surface area contributed by atoms with E-state index in [1.165, 1.54) is 82.6 Å². The van der Waals surface area contributed by atoms with Gasteiger partial charge in [-0.3, -0.25) is 0 Å². The van der Waals surface area contributed by atoms with E-state index in [0.717, 1.165) is 18.4 Å². The number of hydrogen-bond acceptors (Lipinski definition) is 2. The predicted molar refractivity (Wildman–Crippen MR) is 130 cm³/mol. The van der Waals surface area contributed by atoms with E-state index in [-0.39, 0.29) is 0 Å². The molecule has 0 saturated heterocycles. The van der Waals surface area contributed by atoms with Crippen molar-refractivity contribution < 1.29 is 10.2 Å². The molecule has 2 aromatic rings. The van der Waals surface area contributed by atoms with Gasteiger partial charge in [-0.25, -0.2) is 0 Å². The zero-order chi connectivity index (χ0) is 21.9. The highest BCUT2D eigenvalue weighted by atomic mass is 16.3. The molecule has 0 aliphatic heterocycles. The first-order chi connectivity index (χ1) is 14.7. The second kappa shape index (κ2) is 17.9. The molecule has 2 N–H and O–H groups in total. The van der Waals surface area contributed by atoms with Crippen molar-refractivity contribution in [3.05, 3.63) is 59.7 Å². The number of phenols is 2. The van der Waals surface area contributed by atoms with E-state index in [4.69, 9.17) is 5.11 Å². The first-order valence-electron chi connectivity index (χ1n) is 12.2. The lowest BCUT2D eigenvalue weighted by molar-refractivity contribution is 0.466. The quantitative estimate of drug-likeness (QED) is 0.305. The highest BCUT2D eigenvalue weighted by Crippen LogP contribution is 2.18. The number of rotatable bonds is 14. The van der Waals surface area contributed by atoms with Crippen LogP contribution in [0.15, 0.2) is 48.5 Å². The third kappa shape index (κ3) is 13.3. The molecule has 2 rings (SSSR count). The Morgan fingerprint density at radius 2 is 1.03 bits per heavy atom. The Morgan fingerprint density at radius 3 is 1.60 bits per heavy atom. The van der Waals surface area contributed by atoms with Gasteiger partial charge in [0.25, 0.3) is 0 Å². The maximum Gasteiger partial charge on any atom is 0.118 e. The number of phenolic OH excluding ortho intramolecular Hbond substituents is 2. The molecule has 2 nitrogen and oxygen atoms in total. The summed E-state index contributed by atoms with van der Waals surface area (Å²) in [5.41, 5.74) is 2.43. The lowest BCUT2D eigenvalue weighted by Gasteiger charge is -2.03. The summed E-state index contributed by atoms with van der Waals surface area (Å²) in [5.74, 6) is 0.813. The normalized spacial score (nSPS) is 10.5. The van der Waals surface area contributed by atoms with Gasteiger partial charge in [0.15, 0.2) is 0 Å². The molecular formula is C28H44O2. The summed E-state index contributed by atoms with van der Waals surface area (Å²) >= 11 is 0. The van der Waals surface area contributed by atoms with Gasteiger partial charge < -0.3 is 10.2 Å². The Labute approximate surface area is 185 Å². The number of benzene rings is 2. The molecule has 0 fully saturated rings. The van der Waals surface area contributed by atoms with Crippen LogP contribution in [0.3, 0.4) is 0 Å². The molecule has 0 heterocycles. The molecule has 0 saturated carbocycles. The van der Waals surface area contributed by atoms with E-state index < -0.39 is 0 Å². The van der Waals surface area contributed by atoms with Crippen LogP contribution in [-0.2, 0) is 12.8 Å². The van der Waals surface area contributed by atoms with Crippen LogP contribution >= 0.6 is 0 Å². The lowest BCUT2D eigenvalue weighted by atomic mass is 10.0. The van der Waals surface area contributed by atoms with Gasteiger partial charge in [-0.15, -0.1) is 0 Å². The standard InChI is InChI=1S/2C14H22O/c1-2-3-4-5-6-7-10-13-11-8-9-12-14(13)15;1-2-3-4-5-6-7-8-13-9-11-14(15)12-10-13/h8-9,11-12,15H,2-7,10H2,1H3;9-12,15H,2-8H2,1H3. The monoisotopic (exact) mass is 412 g/mol. The smallest absolute Gasteiger partial charge is 0.118 e. The fraction of sp³-hybridized carbons (Fsp3) is 0.571. The summed E-state index contributed by atoms with van der Waals surface area (Å²) in [6.07, 6.45) is 18.0. The Hall–Kier alpha value is -1.96. The largest absolute Gasteiger partial charge is 0.508 e. The summed E-state index contributed by atoms with van der Waals surface area (Å²) in [5, 5.41) is 18.7. The van der Waals surface area contributed by atoms with Crippen molar-refractivity contribution in [2.75, 3.05) is 0 Å². The van der Waals surface area contributed by atoms with Gasteiger partial charge in [0.1, 0.15) is 11.5 Å². The van der Waals surface area contributed by atoms with E-state index >= 15 is 0 Å². The summed E-state index contributed by atoms with van der Waals surface area (Å²) in [4.78, 5) is 0. The van der Waals surface area contributed by atoms with Crippen molar-refractivity contribution in [1.29, 1.82) is 0 Å². The van der Waals surface area contributed by atoms with Crippen molar-refractivity contribution >= 4 is 0 Å². The third-order valence-corrected chi connectivity index (χ3v) is 5.55. The van der Waals surface area contributed by atoms with Gasteiger partial charge in [0.05, 0.1) is 0 Å². The van der Waals surface area contributed by atoms with Crippen molar-refractivity contribution in [3.63, 3.8) is 0 Å². The van der Waals surface area contributed by atoms with Gasteiger partial charge in [-0.1, -0.05) is 108 Å². The van der Waals surface area contributed by atoms with E-state index in [1.54, 1.807) is 18.2 Å². The molecule has 0 aromatic heterocycles. The highest BCUT2D eigenvalue weighted by molar-refractivity contribution is 5.31. The minimum absolute atomic E-state index is 0.363. The zero-order valence-corrected chi connectivity index (χ0v) is 19.4. The number of unbranched alkanes of at least 4 members (excludes halogenated alkanes) is 10. The first kappa shape index (κ1) is 26.1. The van der Waals surface area contributed by atoms with E-state index in [9.17, 15) is 5.11 Å². The van der Waals surface area contributed by atoms with Crippen molar-refractivity contribution in [2.45, 2.75) is 104 Å². The Morgan fingerprint density at radius 1 is 0.533 bits per heavy atom. The van der Waals surface area contributed by atoms with Crippen LogP contribution in [0.2, 0.25) is 0 Å². The second-order valence-corrected chi connectivity index (χ2v) is 8.33. The topological polar surface area (TPSA) is 40.5 Å². The van der Waals surface area contributed by atoms with Crippen molar-refractivity contribution in [3.8, 4) is 11.5 Å². The van der Waals surface area contributed by atoms with Crippen molar-refractivity contribution in [2.24, 2.45) is 0 Å². The van der Waals surface area contributed by atoms with Crippen LogP contribution in [0.4, 0.5) is 0 Å². The number of hydrogen-bond donors (Lipinski definition) is 2. The molecule has 0 atom stereocenters. The summed E-state index contributed by atoms with van der Waals surface area (Å²) in [6.45, 7) is 4.48. The molecule has 168 valence electrons. The van der Waals surface area contributed by atoms with Crippen LogP contribution < -0.4 is 0 Å². The molecule has 0 unspecified atom stereocenters. The molecular weight excluding hydrogens is 368 g/mol. The van der Waals surface area contributed by atoms with Gasteiger partial charge in [0.2, 0.25) is 0 Å². The second-order valence-electron chi connectivity index (χ2n) is 8.33. The molecule has 0 amide bonds. The van der Waals surface area contributed by atoms with Gasteiger partial charge in [0, 0.05) is 0 Å². The van der Waals surface area contributed by atoms with Crippen LogP contribution in [0, 0.1) is 0 Å². The third-order valence-electron chi connectivity index (χ3n) is 5.55. The fourth-order valence-electron chi connectivity index (χ4n) is 3.59. The summed E-state index contributed by atoms with van der Waals surface area (Å²) < 4.78 is 0. The maximum absolute atomic E-state index is 9.55. The highest BCUT2D eigenvalue weighted by Gasteiger charge is 1.98. The Kier molecular flexibility index (Phi) is 15.5. The zero-order valence-electron chi connectivity index (χ0n) is 19.4. The molecule has 2 aromatic carbocycles. The van der Waals surface area contributed by atoms with Crippen LogP contribution in [-0.4, -0.2) is 10.2 Å². The molecule has 0 aliphatic carbocycles. The summed E-state index contributed by atoms with van der Waals surface area (Å²) in [6, 6.07) is 15.2. The first-order valence-corrected chi connectivity index (χ1v) is 12.2. The minimum Gasteiger partial charge on any atom is -0.508 e. The van der Waals surface area contributed by atoms with E-state index in [0.29, 0.717) is 11.5 Å². The molecule has 0 radical (unpaired) electrons. The van der Waals surface area contributed by atoms with Gasteiger partial charge >= 0.3 is 0 Å². The SMILES string of the molecule is CCCCCCCCc1ccc(O)cc1.CCCCCCCCc1ccccc1O. The van der Waals surface area contributed by atoms with Crippen LogP contribution in [0.5, 0.6) is 11.5 Å². The predicted octanol–water partition coefficient (Wildman–Crippen LogP) is 8.59. The van der Waals surface area contributed by atoms with E-state index in [1.807, 2.05) is 30.3 Å². The molecule has 0 bridgehead atoms. The van der Waals surface area contributed by atoms with Crippen LogP contribution in [0.25, 0.3) is 0 Å². The number of aromatic hydroxyl groups is 2. The van der Waals surface area contributed by atoms with Crippen LogP contribution in [0.1, 0.15) is 102 Å². The average Bonchev–Trinajstić information content (AvgIpc) is 2.76. The molecule has 0 aliphatic rings.